The van der Waals surface area contributed by atoms with E-state index < -0.39 is 0 Å². The number of benzene rings is 1. The fourth-order valence-corrected chi connectivity index (χ4v) is 2.70. The summed E-state index contributed by atoms with van der Waals surface area (Å²) in [5.74, 6) is 0.0522. The van der Waals surface area contributed by atoms with Crippen LogP contribution in [0, 0.1) is 0 Å². The second-order valence-electron chi connectivity index (χ2n) is 4.89. The second kappa shape index (κ2) is 5.63. The summed E-state index contributed by atoms with van der Waals surface area (Å²) in [6, 6.07) is 7.19. The zero-order valence-electron chi connectivity index (χ0n) is 10.9. The molecule has 0 spiro atoms. The van der Waals surface area contributed by atoms with Crippen LogP contribution >= 0.6 is 11.6 Å². The highest BCUT2D eigenvalue weighted by molar-refractivity contribution is 6.30. The maximum atomic E-state index is 12.5. The van der Waals surface area contributed by atoms with Crippen molar-refractivity contribution < 1.29 is 4.79 Å². The van der Waals surface area contributed by atoms with Gasteiger partial charge in [-0.05, 0) is 37.1 Å². The summed E-state index contributed by atoms with van der Waals surface area (Å²) in [5, 5.41) is 8.86. The van der Waals surface area contributed by atoms with E-state index in [1.54, 1.807) is 41.5 Å². The number of likely N-dealkylation sites (tertiary alicyclic amines) is 1. The maximum absolute atomic E-state index is 12.5. The monoisotopic (exact) mass is 290 g/mol. The Morgan fingerprint density at radius 3 is 2.65 bits per heavy atom. The Hall–Kier alpha value is -1.88. The van der Waals surface area contributed by atoms with E-state index in [0.29, 0.717) is 17.1 Å². The summed E-state index contributed by atoms with van der Waals surface area (Å²) in [4.78, 5) is 16.1. The van der Waals surface area contributed by atoms with Crippen LogP contribution in [0.3, 0.4) is 0 Å². The van der Waals surface area contributed by atoms with Crippen molar-refractivity contribution in [2.45, 2.75) is 25.4 Å². The molecule has 1 unspecified atom stereocenters. The van der Waals surface area contributed by atoms with Crippen LogP contribution in [-0.4, -0.2) is 38.4 Å². The van der Waals surface area contributed by atoms with Crippen LogP contribution in [0.5, 0.6) is 0 Å². The number of halogens is 1. The Morgan fingerprint density at radius 1 is 1.25 bits per heavy atom. The standard InChI is InChI=1S/C14H15ClN4O/c15-12-5-3-11(4-6-12)14(20)18-9-1-2-13(18)10-19-16-7-8-17-19/h3-8,13H,1-2,9-10H2. The van der Waals surface area contributed by atoms with Crippen molar-refractivity contribution >= 4 is 17.5 Å². The summed E-state index contributed by atoms with van der Waals surface area (Å²) in [6.07, 6.45) is 5.31. The largest absolute Gasteiger partial charge is 0.334 e. The van der Waals surface area contributed by atoms with Gasteiger partial charge >= 0.3 is 0 Å². The van der Waals surface area contributed by atoms with Crippen LogP contribution in [0.1, 0.15) is 23.2 Å². The molecule has 104 valence electrons. The molecule has 0 saturated carbocycles. The second-order valence-corrected chi connectivity index (χ2v) is 5.32. The number of hydrogen-bond acceptors (Lipinski definition) is 3. The summed E-state index contributed by atoms with van der Waals surface area (Å²) in [7, 11) is 0. The quantitative estimate of drug-likeness (QED) is 0.871. The van der Waals surface area contributed by atoms with Crippen molar-refractivity contribution in [2.24, 2.45) is 0 Å². The van der Waals surface area contributed by atoms with Crippen molar-refractivity contribution in [1.29, 1.82) is 0 Å². The summed E-state index contributed by atoms with van der Waals surface area (Å²) >= 11 is 5.85. The smallest absolute Gasteiger partial charge is 0.254 e. The minimum Gasteiger partial charge on any atom is -0.334 e. The van der Waals surface area contributed by atoms with Gasteiger partial charge in [-0.15, -0.1) is 0 Å². The first-order valence-corrected chi connectivity index (χ1v) is 7.02. The van der Waals surface area contributed by atoms with Crippen LogP contribution < -0.4 is 0 Å². The minimum absolute atomic E-state index is 0.0522. The Morgan fingerprint density at radius 2 is 1.95 bits per heavy atom. The molecule has 1 aliphatic heterocycles. The lowest BCUT2D eigenvalue weighted by atomic mass is 10.1. The van der Waals surface area contributed by atoms with Gasteiger partial charge in [-0.3, -0.25) is 4.79 Å². The van der Waals surface area contributed by atoms with Gasteiger partial charge in [0.2, 0.25) is 0 Å². The lowest BCUT2D eigenvalue weighted by molar-refractivity contribution is 0.0718. The van der Waals surface area contributed by atoms with E-state index in [1.807, 2.05) is 4.90 Å². The molecule has 1 aromatic heterocycles. The third-order valence-electron chi connectivity index (χ3n) is 3.57. The Balaban J connectivity index is 1.74. The van der Waals surface area contributed by atoms with Gasteiger partial charge in [-0.1, -0.05) is 11.6 Å². The van der Waals surface area contributed by atoms with Gasteiger partial charge in [0.05, 0.1) is 25.0 Å². The molecular formula is C14H15ClN4O. The molecule has 3 rings (SSSR count). The number of amides is 1. The number of nitrogens with zero attached hydrogens (tertiary/aromatic N) is 4. The maximum Gasteiger partial charge on any atom is 0.254 e. The summed E-state index contributed by atoms with van der Waals surface area (Å²) in [6.45, 7) is 1.43. The number of carbonyl (C=O) groups is 1. The topological polar surface area (TPSA) is 51.0 Å². The highest BCUT2D eigenvalue weighted by atomic mass is 35.5. The van der Waals surface area contributed by atoms with Gasteiger partial charge in [0, 0.05) is 17.1 Å². The fourth-order valence-electron chi connectivity index (χ4n) is 2.58. The van der Waals surface area contributed by atoms with Crippen LogP contribution in [0.2, 0.25) is 5.02 Å². The molecule has 2 aromatic rings. The van der Waals surface area contributed by atoms with Gasteiger partial charge in [0.1, 0.15) is 0 Å². The molecule has 1 aromatic carbocycles. The van der Waals surface area contributed by atoms with E-state index in [0.717, 1.165) is 19.4 Å². The van der Waals surface area contributed by atoms with Crippen LogP contribution in [0.4, 0.5) is 0 Å². The molecule has 0 aliphatic carbocycles. The zero-order chi connectivity index (χ0) is 13.9. The summed E-state index contributed by atoms with van der Waals surface area (Å²) in [5.41, 5.74) is 0.676. The first-order chi connectivity index (χ1) is 9.74. The predicted molar refractivity (Wildman–Crippen MR) is 75.5 cm³/mol. The van der Waals surface area contributed by atoms with Crippen molar-refractivity contribution in [2.75, 3.05) is 6.54 Å². The molecule has 0 radical (unpaired) electrons. The Bertz CT molecular complexity index is 582. The van der Waals surface area contributed by atoms with Crippen LogP contribution in [0.25, 0.3) is 0 Å². The third kappa shape index (κ3) is 2.67. The van der Waals surface area contributed by atoms with Crippen molar-refractivity contribution in [3.63, 3.8) is 0 Å². The van der Waals surface area contributed by atoms with E-state index in [1.165, 1.54) is 0 Å². The molecule has 1 fully saturated rings. The normalized spacial score (nSPS) is 18.4. The van der Waals surface area contributed by atoms with E-state index in [9.17, 15) is 4.79 Å². The SMILES string of the molecule is O=C(c1ccc(Cl)cc1)N1CCCC1Cn1nccn1. The molecule has 0 N–H and O–H groups in total. The number of carbonyl (C=O) groups excluding carboxylic acids is 1. The van der Waals surface area contributed by atoms with Crippen LogP contribution in [-0.2, 0) is 6.54 Å². The zero-order valence-corrected chi connectivity index (χ0v) is 11.7. The lowest BCUT2D eigenvalue weighted by Gasteiger charge is -2.24. The summed E-state index contributed by atoms with van der Waals surface area (Å²) < 4.78 is 0. The molecule has 2 heterocycles. The van der Waals surface area contributed by atoms with Gasteiger partial charge in [-0.2, -0.15) is 15.0 Å². The highest BCUT2D eigenvalue weighted by Crippen LogP contribution is 2.21. The number of hydrogen-bond donors (Lipinski definition) is 0. The van der Waals surface area contributed by atoms with Gasteiger partial charge < -0.3 is 4.90 Å². The van der Waals surface area contributed by atoms with Crippen LogP contribution in [0.15, 0.2) is 36.7 Å². The molecule has 1 saturated heterocycles. The molecular weight excluding hydrogens is 276 g/mol. The van der Waals surface area contributed by atoms with Gasteiger partial charge in [-0.25, -0.2) is 0 Å². The number of aromatic nitrogens is 3. The Labute approximate surface area is 122 Å². The molecule has 1 atom stereocenters. The van der Waals surface area contributed by atoms with Crippen molar-refractivity contribution in [3.8, 4) is 0 Å². The molecule has 1 aliphatic rings. The number of rotatable bonds is 3. The van der Waals surface area contributed by atoms with E-state index in [4.69, 9.17) is 11.6 Å². The molecule has 0 bridgehead atoms. The van der Waals surface area contributed by atoms with Crippen molar-refractivity contribution in [3.05, 3.63) is 47.2 Å². The third-order valence-corrected chi connectivity index (χ3v) is 3.82. The highest BCUT2D eigenvalue weighted by Gasteiger charge is 2.29. The van der Waals surface area contributed by atoms with Gasteiger partial charge in [0.25, 0.3) is 5.91 Å². The lowest BCUT2D eigenvalue weighted by Crippen LogP contribution is -2.38. The van der Waals surface area contributed by atoms with E-state index in [2.05, 4.69) is 10.2 Å². The molecule has 1 amide bonds. The average molecular weight is 291 g/mol. The van der Waals surface area contributed by atoms with E-state index >= 15 is 0 Å². The predicted octanol–water partition coefficient (Wildman–Crippen LogP) is 2.24. The first kappa shape index (κ1) is 13.1. The first-order valence-electron chi connectivity index (χ1n) is 6.64. The Kier molecular flexibility index (Phi) is 3.69. The molecule has 20 heavy (non-hydrogen) atoms. The molecule has 5 nitrogen and oxygen atoms in total. The van der Waals surface area contributed by atoms with E-state index in [-0.39, 0.29) is 11.9 Å². The van der Waals surface area contributed by atoms with Crippen molar-refractivity contribution in [1.82, 2.24) is 19.9 Å². The average Bonchev–Trinajstić information content (AvgIpc) is 3.11. The minimum atomic E-state index is 0.0522. The fraction of sp³-hybridized carbons (Fsp3) is 0.357. The molecule has 6 heteroatoms. The van der Waals surface area contributed by atoms with Gasteiger partial charge in [0.15, 0.2) is 0 Å².